The SMILES string of the molecule is Cc1cnc(SCC2CCCO2)nc1C1CCCN(C(=O)c2ccc(S(N)(=O)=O)cc2)C1. The summed E-state index contributed by atoms with van der Waals surface area (Å²) >= 11 is 1.62. The van der Waals surface area contributed by atoms with Crippen molar-refractivity contribution in [2.75, 3.05) is 25.4 Å². The lowest BCUT2D eigenvalue weighted by molar-refractivity contribution is 0.0705. The number of thioether (sulfide) groups is 1. The minimum atomic E-state index is -3.78. The van der Waals surface area contributed by atoms with E-state index in [1.165, 1.54) is 24.3 Å². The Bertz CT molecular complexity index is 1070. The van der Waals surface area contributed by atoms with E-state index in [0.29, 0.717) is 18.7 Å². The zero-order valence-electron chi connectivity index (χ0n) is 18.1. The van der Waals surface area contributed by atoms with Gasteiger partial charge in [-0.1, -0.05) is 11.8 Å². The summed E-state index contributed by atoms with van der Waals surface area (Å²) in [5.41, 5.74) is 2.48. The summed E-state index contributed by atoms with van der Waals surface area (Å²) in [6.07, 6.45) is 6.19. The Labute approximate surface area is 193 Å². The molecule has 2 fully saturated rings. The molecular weight excluding hydrogens is 448 g/mol. The summed E-state index contributed by atoms with van der Waals surface area (Å²) in [6.45, 7) is 4.08. The fraction of sp³-hybridized carbons (Fsp3) is 0.500. The van der Waals surface area contributed by atoms with E-state index in [2.05, 4.69) is 4.98 Å². The molecule has 1 aromatic carbocycles. The third kappa shape index (κ3) is 5.48. The number of rotatable bonds is 6. The number of likely N-dealkylation sites (tertiary alicyclic amines) is 1. The lowest BCUT2D eigenvalue weighted by Crippen LogP contribution is -2.39. The molecule has 32 heavy (non-hydrogen) atoms. The minimum Gasteiger partial charge on any atom is -0.377 e. The van der Waals surface area contributed by atoms with E-state index in [-0.39, 0.29) is 22.8 Å². The molecule has 172 valence electrons. The number of benzene rings is 1. The summed E-state index contributed by atoms with van der Waals surface area (Å²) in [6, 6.07) is 5.77. The molecule has 2 saturated heterocycles. The van der Waals surface area contributed by atoms with Crippen LogP contribution in [0.2, 0.25) is 0 Å². The second kappa shape index (κ2) is 9.86. The second-order valence-corrected chi connectivity index (χ2v) is 10.9. The molecule has 0 radical (unpaired) electrons. The predicted octanol–water partition coefficient (Wildman–Crippen LogP) is 2.72. The van der Waals surface area contributed by atoms with Gasteiger partial charge in [-0.05, 0) is 62.4 Å². The Morgan fingerprint density at radius 2 is 2.03 bits per heavy atom. The summed E-state index contributed by atoms with van der Waals surface area (Å²) in [5, 5.41) is 5.90. The van der Waals surface area contributed by atoms with Crippen LogP contribution in [0, 0.1) is 6.92 Å². The highest BCUT2D eigenvalue weighted by atomic mass is 32.2. The molecule has 2 atom stereocenters. The molecule has 2 N–H and O–H groups in total. The van der Waals surface area contributed by atoms with Crippen molar-refractivity contribution in [2.45, 2.75) is 54.7 Å². The molecule has 2 aliphatic heterocycles. The van der Waals surface area contributed by atoms with E-state index >= 15 is 0 Å². The smallest absolute Gasteiger partial charge is 0.253 e. The highest BCUT2D eigenvalue weighted by Crippen LogP contribution is 2.30. The van der Waals surface area contributed by atoms with E-state index in [4.69, 9.17) is 14.9 Å². The van der Waals surface area contributed by atoms with Crippen LogP contribution in [-0.2, 0) is 14.8 Å². The van der Waals surface area contributed by atoms with Gasteiger partial charge >= 0.3 is 0 Å². The molecule has 1 amide bonds. The summed E-state index contributed by atoms with van der Waals surface area (Å²) in [5.74, 6) is 0.878. The van der Waals surface area contributed by atoms with Crippen LogP contribution < -0.4 is 5.14 Å². The average Bonchev–Trinajstić information content (AvgIpc) is 3.31. The standard InChI is InChI=1S/C22H28N4O4S2/c1-15-12-24-22(31-14-18-5-3-11-30-18)25-20(15)17-4-2-10-26(13-17)21(27)16-6-8-19(9-7-16)32(23,28)29/h6-9,12,17-18H,2-5,10-11,13-14H2,1H3,(H2,23,28,29). The van der Waals surface area contributed by atoms with E-state index in [9.17, 15) is 13.2 Å². The molecule has 1 aromatic heterocycles. The molecule has 2 aliphatic rings. The topological polar surface area (TPSA) is 115 Å². The molecule has 0 saturated carbocycles. The summed E-state index contributed by atoms with van der Waals surface area (Å²) in [4.78, 5) is 24.2. The Hall–Kier alpha value is -2.01. The zero-order valence-corrected chi connectivity index (χ0v) is 19.7. The van der Waals surface area contributed by atoms with Crippen LogP contribution in [0.5, 0.6) is 0 Å². The molecule has 0 bridgehead atoms. The van der Waals surface area contributed by atoms with Crippen molar-refractivity contribution in [1.29, 1.82) is 0 Å². The fourth-order valence-electron chi connectivity index (χ4n) is 4.22. The molecular formula is C22H28N4O4S2. The highest BCUT2D eigenvalue weighted by molar-refractivity contribution is 7.99. The van der Waals surface area contributed by atoms with Crippen LogP contribution in [0.3, 0.4) is 0 Å². The number of primary sulfonamides is 1. The number of nitrogens with zero attached hydrogens (tertiary/aromatic N) is 3. The number of aromatic nitrogens is 2. The molecule has 2 unspecified atom stereocenters. The highest BCUT2D eigenvalue weighted by Gasteiger charge is 2.28. The van der Waals surface area contributed by atoms with Crippen LogP contribution in [-0.4, -0.2) is 60.7 Å². The van der Waals surface area contributed by atoms with Crippen LogP contribution in [0.1, 0.15) is 53.2 Å². The van der Waals surface area contributed by atoms with Crippen LogP contribution in [0.25, 0.3) is 0 Å². The van der Waals surface area contributed by atoms with Gasteiger partial charge in [0.1, 0.15) is 0 Å². The number of aryl methyl sites for hydroxylation is 1. The van der Waals surface area contributed by atoms with E-state index in [1.807, 2.05) is 18.0 Å². The molecule has 8 nitrogen and oxygen atoms in total. The minimum absolute atomic E-state index is 0.00443. The van der Waals surface area contributed by atoms with Gasteiger partial charge in [-0.15, -0.1) is 0 Å². The first-order valence-electron chi connectivity index (χ1n) is 10.8. The second-order valence-electron chi connectivity index (χ2n) is 8.33. The first-order chi connectivity index (χ1) is 15.3. The van der Waals surface area contributed by atoms with Gasteiger partial charge < -0.3 is 9.64 Å². The van der Waals surface area contributed by atoms with Gasteiger partial charge in [-0.25, -0.2) is 23.5 Å². The maximum Gasteiger partial charge on any atom is 0.253 e. The van der Waals surface area contributed by atoms with Crippen molar-refractivity contribution >= 4 is 27.7 Å². The third-order valence-electron chi connectivity index (χ3n) is 5.94. The lowest BCUT2D eigenvalue weighted by Gasteiger charge is -2.33. The molecule has 0 aliphatic carbocycles. The lowest BCUT2D eigenvalue weighted by atomic mass is 9.92. The number of sulfonamides is 1. The predicted molar refractivity (Wildman–Crippen MR) is 122 cm³/mol. The fourth-order valence-corrected chi connectivity index (χ4v) is 5.62. The van der Waals surface area contributed by atoms with Crippen molar-refractivity contribution in [2.24, 2.45) is 5.14 Å². The van der Waals surface area contributed by atoms with Gasteiger partial charge in [0.05, 0.1) is 16.7 Å². The summed E-state index contributed by atoms with van der Waals surface area (Å²) < 4.78 is 28.6. The molecule has 0 spiro atoms. The van der Waals surface area contributed by atoms with Gasteiger partial charge in [0.15, 0.2) is 5.16 Å². The number of nitrogens with two attached hydrogens (primary N) is 1. The zero-order chi connectivity index (χ0) is 22.7. The first kappa shape index (κ1) is 23.2. The van der Waals surface area contributed by atoms with Crippen molar-refractivity contribution < 1.29 is 17.9 Å². The Morgan fingerprint density at radius 3 is 2.72 bits per heavy atom. The quantitative estimate of drug-likeness (QED) is 0.503. The van der Waals surface area contributed by atoms with Gasteiger partial charge in [-0.2, -0.15) is 0 Å². The van der Waals surface area contributed by atoms with Gasteiger partial charge in [0.2, 0.25) is 10.0 Å². The van der Waals surface area contributed by atoms with Crippen molar-refractivity contribution in [3.63, 3.8) is 0 Å². The van der Waals surface area contributed by atoms with Crippen LogP contribution >= 0.6 is 11.8 Å². The van der Waals surface area contributed by atoms with Crippen LogP contribution in [0.4, 0.5) is 0 Å². The summed E-state index contributed by atoms with van der Waals surface area (Å²) in [7, 11) is -3.78. The first-order valence-corrected chi connectivity index (χ1v) is 13.3. The van der Waals surface area contributed by atoms with Crippen molar-refractivity contribution in [3.05, 3.63) is 47.3 Å². The molecule has 2 aromatic rings. The number of amides is 1. The van der Waals surface area contributed by atoms with Crippen molar-refractivity contribution in [1.82, 2.24) is 14.9 Å². The maximum absolute atomic E-state index is 13.0. The molecule has 3 heterocycles. The normalized spacial score (nSPS) is 21.6. The van der Waals surface area contributed by atoms with Gasteiger partial charge in [-0.3, -0.25) is 4.79 Å². The van der Waals surface area contributed by atoms with Gasteiger partial charge in [0.25, 0.3) is 5.91 Å². The number of carbonyl (C=O) groups is 1. The van der Waals surface area contributed by atoms with E-state index in [1.54, 1.807) is 11.8 Å². The van der Waals surface area contributed by atoms with Crippen LogP contribution in [0.15, 0.2) is 40.5 Å². The number of hydrogen-bond donors (Lipinski definition) is 1. The third-order valence-corrected chi connectivity index (χ3v) is 7.86. The number of piperidine rings is 1. The Balaban J connectivity index is 1.45. The van der Waals surface area contributed by atoms with E-state index < -0.39 is 10.0 Å². The number of hydrogen-bond acceptors (Lipinski definition) is 7. The van der Waals surface area contributed by atoms with E-state index in [0.717, 1.165) is 54.5 Å². The Kier molecular flexibility index (Phi) is 7.14. The molecule has 10 heteroatoms. The monoisotopic (exact) mass is 476 g/mol. The molecule has 4 rings (SSSR count). The number of carbonyl (C=O) groups excluding carboxylic acids is 1. The maximum atomic E-state index is 13.0. The average molecular weight is 477 g/mol. The van der Waals surface area contributed by atoms with Crippen molar-refractivity contribution in [3.8, 4) is 0 Å². The largest absolute Gasteiger partial charge is 0.377 e. The van der Waals surface area contributed by atoms with Gasteiger partial charge in [0, 0.05) is 43.1 Å². The Morgan fingerprint density at radius 1 is 1.25 bits per heavy atom. The number of ether oxygens (including phenoxy) is 1.